The normalized spacial score (nSPS) is 34.5. The number of nitrogens with zero attached hydrogens (tertiary/aromatic N) is 1. The van der Waals surface area contributed by atoms with E-state index in [-0.39, 0.29) is 17.8 Å². The van der Waals surface area contributed by atoms with Gasteiger partial charge in [-0.05, 0) is 44.1 Å². The average Bonchev–Trinajstić information content (AvgIpc) is 2.91. The molecule has 2 aliphatic heterocycles. The standard InChI is InChI=1S/C16H28N2O.ClH/c1-2-13-6-9-18(10-7-13)15(19)16-8-4-3-5-14(16)11-17-12-16;/h13-14,17H,2-12H2,1H3;1H/t14-,16+;/m0./s1. The lowest BCUT2D eigenvalue weighted by atomic mass is 9.67. The molecular formula is C16H29ClN2O. The Balaban J connectivity index is 0.00000147. The van der Waals surface area contributed by atoms with E-state index in [1.807, 2.05) is 0 Å². The smallest absolute Gasteiger partial charge is 0.230 e. The predicted octanol–water partition coefficient (Wildman–Crippen LogP) is 2.84. The number of carbonyl (C=O) groups is 1. The lowest BCUT2D eigenvalue weighted by Gasteiger charge is -2.43. The summed E-state index contributed by atoms with van der Waals surface area (Å²) < 4.78 is 0. The number of likely N-dealkylation sites (tertiary alicyclic amines) is 1. The summed E-state index contributed by atoms with van der Waals surface area (Å²) in [7, 11) is 0. The second-order valence-electron chi connectivity index (χ2n) is 6.87. The molecule has 1 aliphatic carbocycles. The van der Waals surface area contributed by atoms with Crippen molar-refractivity contribution in [3.8, 4) is 0 Å². The van der Waals surface area contributed by atoms with Crippen molar-refractivity contribution in [1.82, 2.24) is 10.2 Å². The van der Waals surface area contributed by atoms with Gasteiger partial charge >= 0.3 is 0 Å². The third-order valence-corrected chi connectivity index (χ3v) is 5.94. The van der Waals surface area contributed by atoms with Crippen molar-refractivity contribution in [2.24, 2.45) is 17.3 Å². The van der Waals surface area contributed by atoms with Crippen LogP contribution in [-0.4, -0.2) is 37.0 Å². The van der Waals surface area contributed by atoms with Gasteiger partial charge in [0.2, 0.25) is 5.91 Å². The second-order valence-corrected chi connectivity index (χ2v) is 6.87. The molecule has 2 saturated heterocycles. The highest BCUT2D eigenvalue weighted by molar-refractivity contribution is 5.85. The summed E-state index contributed by atoms with van der Waals surface area (Å²) in [4.78, 5) is 15.2. The Bertz CT molecular complexity index is 341. The molecule has 0 aromatic carbocycles. The minimum atomic E-state index is -0.0305. The largest absolute Gasteiger partial charge is 0.342 e. The molecule has 0 aromatic heterocycles. The Hall–Kier alpha value is -0.280. The van der Waals surface area contributed by atoms with Crippen LogP contribution in [-0.2, 0) is 4.79 Å². The maximum Gasteiger partial charge on any atom is 0.230 e. The Morgan fingerprint density at radius 2 is 2.00 bits per heavy atom. The number of rotatable bonds is 2. The number of amides is 1. The summed E-state index contributed by atoms with van der Waals surface area (Å²) in [6.45, 7) is 6.29. The molecule has 4 heteroatoms. The molecule has 20 heavy (non-hydrogen) atoms. The molecule has 0 spiro atoms. The molecule has 1 N–H and O–H groups in total. The van der Waals surface area contributed by atoms with Crippen molar-refractivity contribution in [1.29, 1.82) is 0 Å². The Morgan fingerprint density at radius 3 is 2.70 bits per heavy atom. The van der Waals surface area contributed by atoms with Crippen LogP contribution in [0.5, 0.6) is 0 Å². The Kier molecular flexibility index (Phi) is 5.36. The molecule has 3 rings (SSSR count). The van der Waals surface area contributed by atoms with Crippen LogP contribution >= 0.6 is 12.4 Å². The highest BCUT2D eigenvalue weighted by atomic mass is 35.5. The van der Waals surface area contributed by atoms with Gasteiger partial charge in [0.15, 0.2) is 0 Å². The van der Waals surface area contributed by atoms with E-state index in [1.165, 1.54) is 38.5 Å². The van der Waals surface area contributed by atoms with E-state index in [0.717, 1.165) is 38.5 Å². The van der Waals surface area contributed by atoms with Gasteiger partial charge in [0.1, 0.15) is 0 Å². The highest BCUT2D eigenvalue weighted by Crippen LogP contribution is 2.45. The molecule has 2 atom stereocenters. The highest BCUT2D eigenvalue weighted by Gasteiger charge is 2.51. The van der Waals surface area contributed by atoms with E-state index in [1.54, 1.807) is 0 Å². The zero-order valence-corrected chi connectivity index (χ0v) is 13.5. The van der Waals surface area contributed by atoms with E-state index in [9.17, 15) is 4.79 Å². The van der Waals surface area contributed by atoms with Crippen LogP contribution in [0.4, 0.5) is 0 Å². The molecular weight excluding hydrogens is 272 g/mol. The van der Waals surface area contributed by atoms with Crippen molar-refractivity contribution >= 4 is 18.3 Å². The van der Waals surface area contributed by atoms with Gasteiger partial charge in [-0.25, -0.2) is 0 Å². The monoisotopic (exact) mass is 300 g/mol. The summed E-state index contributed by atoms with van der Waals surface area (Å²) in [5.74, 6) is 1.94. The first-order valence-electron chi connectivity index (χ1n) is 8.26. The SMILES string of the molecule is CCC1CCN(C(=O)[C@@]23CCCC[C@H]2CNC3)CC1.Cl. The molecule has 0 aromatic rings. The first-order valence-corrected chi connectivity index (χ1v) is 8.26. The van der Waals surface area contributed by atoms with Crippen LogP contribution in [0.2, 0.25) is 0 Å². The van der Waals surface area contributed by atoms with Gasteiger partial charge in [0, 0.05) is 19.6 Å². The summed E-state index contributed by atoms with van der Waals surface area (Å²) in [6, 6.07) is 0. The van der Waals surface area contributed by atoms with Gasteiger partial charge in [-0.3, -0.25) is 4.79 Å². The number of nitrogens with one attached hydrogen (secondary N) is 1. The summed E-state index contributed by atoms with van der Waals surface area (Å²) >= 11 is 0. The zero-order valence-electron chi connectivity index (χ0n) is 12.7. The van der Waals surface area contributed by atoms with Crippen molar-refractivity contribution < 1.29 is 4.79 Å². The number of fused-ring (bicyclic) bond motifs is 1. The molecule has 0 unspecified atom stereocenters. The minimum Gasteiger partial charge on any atom is -0.342 e. The molecule has 3 aliphatic rings. The van der Waals surface area contributed by atoms with Gasteiger partial charge < -0.3 is 10.2 Å². The average molecular weight is 301 g/mol. The fourth-order valence-electron chi connectivity index (χ4n) is 4.53. The molecule has 1 saturated carbocycles. The fourth-order valence-corrected chi connectivity index (χ4v) is 4.53. The van der Waals surface area contributed by atoms with E-state index in [2.05, 4.69) is 17.1 Å². The first kappa shape index (κ1) is 16.1. The predicted molar refractivity (Wildman–Crippen MR) is 84.1 cm³/mol. The fraction of sp³-hybridized carbons (Fsp3) is 0.938. The Morgan fingerprint density at radius 1 is 1.25 bits per heavy atom. The summed E-state index contributed by atoms with van der Waals surface area (Å²) in [5.41, 5.74) is -0.0305. The maximum absolute atomic E-state index is 13.0. The van der Waals surface area contributed by atoms with Gasteiger partial charge in [-0.1, -0.05) is 26.2 Å². The molecule has 116 valence electrons. The lowest BCUT2D eigenvalue weighted by Crippen LogP contribution is -2.51. The van der Waals surface area contributed by atoms with Gasteiger partial charge in [0.25, 0.3) is 0 Å². The number of hydrogen-bond acceptors (Lipinski definition) is 2. The van der Waals surface area contributed by atoms with Crippen LogP contribution in [0.15, 0.2) is 0 Å². The van der Waals surface area contributed by atoms with Crippen molar-refractivity contribution in [2.75, 3.05) is 26.2 Å². The van der Waals surface area contributed by atoms with E-state index in [4.69, 9.17) is 0 Å². The number of carbonyl (C=O) groups excluding carboxylic acids is 1. The molecule has 3 fully saturated rings. The third kappa shape index (κ3) is 2.71. The second kappa shape index (κ2) is 6.65. The van der Waals surface area contributed by atoms with Crippen LogP contribution in [0, 0.1) is 17.3 Å². The summed E-state index contributed by atoms with van der Waals surface area (Å²) in [5, 5.41) is 3.50. The van der Waals surface area contributed by atoms with Crippen LogP contribution in [0.1, 0.15) is 51.9 Å². The minimum absolute atomic E-state index is 0. The van der Waals surface area contributed by atoms with Gasteiger partial charge in [-0.2, -0.15) is 0 Å². The topological polar surface area (TPSA) is 32.3 Å². The zero-order chi connectivity index (χ0) is 13.3. The van der Waals surface area contributed by atoms with Crippen molar-refractivity contribution in [3.05, 3.63) is 0 Å². The van der Waals surface area contributed by atoms with E-state index >= 15 is 0 Å². The quantitative estimate of drug-likeness (QED) is 0.850. The summed E-state index contributed by atoms with van der Waals surface area (Å²) in [6.07, 6.45) is 8.65. The first-order chi connectivity index (χ1) is 9.26. The molecule has 1 amide bonds. The van der Waals surface area contributed by atoms with Gasteiger partial charge in [0.05, 0.1) is 5.41 Å². The molecule has 3 nitrogen and oxygen atoms in total. The van der Waals surface area contributed by atoms with Gasteiger partial charge in [-0.15, -0.1) is 12.4 Å². The Labute approximate surface area is 129 Å². The van der Waals surface area contributed by atoms with Crippen molar-refractivity contribution in [3.63, 3.8) is 0 Å². The molecule has 0 bridgehead atoms. The number of halogens is 1. The van der Waals surface area contributed by atoms with Crippen LogP contribution in [0.3, 0.4) is 0 Å². The molecule has 0 radical (unpaired) electrons. The molecule has 2 heterocycles. The maximum atomic E-state index is 13.0. The van der Waals surface area contributed by atoms with E-state index in [0.29, 0.717) is 11.8 Å². The van der Waals surface area contributed by atoms with Crippen molar-refractivity contribution in [2.45, 2.75) is 51.9 Å². The number of piperidine rings is 1. The number of hydrogen-bond donors (Lipinski definition) is 1. The lowest BCUT2D eigenvalue weighted by molar-refractivity contribution is -0.146. The third-order valence-electron chi connectivity index (χ3n) is 5.94. The van der Waals surface area contributed by atoms with E-state index < -0.39 is 0 Å². The van der Waals surface area contributed by atoms with Crippen LogP contribution < -0.4 is 5.32 Å². The van der Waals surface area contributed by atoms with Crippen LogP contribution in [0.25, 0.3) is 0 Å².